The summed E-state index contributed by atoms with van der Waals surface area (Å²) in [5, 5.41) is 9.49. The van der Waals surface area contributed by atoms with Crippen LogP contribution < -0.4 is 0 Å². The maximum atomic E-state index is 11.5. The van der Waals surface area contributed by atoms with Gasteiger partial charge < -0.3 is 14.9 Å². The molecule has 0 spiro atoms. The minimum atomic E-state index is -0.601. The third-order valence-corrected chi connectivity index (χ3v) is 5.56. The van der Waals surface area contributed by atoms with E-state index in [1.807, 2.05) is 0 Å². The summed E-state index contributed by atoms with van der Waals surface area (Å²) in [4.78, 5) is 16.3. The van der Waals surface area contributed by atoms with E-state index in [1.54, 1.807) is 0 Å². The van der Waals surface area contributed by atoms with Crippen molar-refractivity contribution in [3.05, 3.63) is 0 Å². The Kier molecular flexibility index (Phi) is 5.44. The molecule has 1 saturated carbocycles. The molecule has 2 aliphatic rings. The molecule has 20 heavy (non-hydrogen) atoms. The van der Waals surface area contributed by atoms with Gasteiger partial charge in [0.2, 0.25) is 0 Å². The second-order valence-corrected chi connectivity index (χ2v) is 6.82. The Hall–Kier alpha value is -0.610. The summed E-state index contributed by atoms with van der Waals surface area (Å²) in [7, 11) is 4.32. The number of likely N-dealkylation sites (N-methyl/N-ethyl adjacent to an activating group) is 2. The van der Waals surface area contributed by atoms with Gasteiger partial charge in [0, 0.05) is 18.6 Å². The number of carboxylic acid groups (broad SMARTS) is 1. The molecular weight excluding hydrogens is 252 g/mol. The van der Waals surface area contributed by atoms with E-state index in [4.69, 9.17) is 0 Å². The van der Waals surface area contributed by atoms with Crippen LogP contribution in [-0.4, -0.2) is 60.1 Å². The fraction of sp³-hybridized carbons (Fsp3) is 0.938. The predicted molar refractivity (Wildman–Crippen MR) is 80.8 cm³/mol. The lowest BCUT2D eigenvalue weighted by molar-refractivity contribution is -0.146. The van der Waals surface area contributed by atoms with Gasteiger partial charge in [0.15, 0.2) is 0 Å². The minimum Gasteiger partial charge on any atom is -0.481 e. The summed E-state index contributed by atoms with van der Waals surface area (Å²) in [6.45, 7) is 4.43. The van der Waals surface area contributed by atoms with E-state index >= 15 is 0 Å². The second kappa shape index (κ2) is 6.90. The Morgan fingerprint density at radius 2 is 2.10 bits per heavy atom. The van der Waals surface area contributed by atoms with Gasteiger partial charge in [-0.1, -0.05) is 13.3 Å². The zero-order valence-corrected chi connectivity index (χ0v) is 13.2. The lowest BCUT2D eigenvalue weighted by atomic mass is 9.76. The molecule has 1 saturated heterocycles. The number of hydrogen-bond donors (Lipinski definition) is 1. The van der Waals surface area contributed by atoms with Gasteiger partial charge in [-0.25, -0.2) is 0 Å². The van der Waals surface area contributed by atoms with Gasteiger partial charge in [-0.15, -0.1) is 0 Å². The van der Waals surface area contributed by atoms with E-state index in [2.05, 4.69) is 30.8 Å². The molecule has 1 aliphatic carbocycles. The largest absolute Gasteiger partial charge is 0.481 e. The Bertz CT molecular complexity index is 334. The van der Waals surface area contributed by atoms with Crippen molar-refractivity contribution in [2.45, 2.75) is 57.5 Å². The van der Waals surface area contributed by atoms with Crippen LogP contribution in [0.5, 0.6) is 0 Å². The van der Waals surface area contributed by atoms with Crippen molar-refractivity contribution in [2.75, 3.05) is 27.2 Å². The van der Waals surface area contributed by atoms with Crippen molar-refractivity contribution in [1.82, 2.24) is 9.80 Å². The topological polar surface area (TPSA) is 43.8 Å². The van der Waals surface area contributed by atoms with Crippen molar-refractivity contribution in [2.24, 2.45) is 11.8 Å². The van der Waals surface area contributed by atoms with Crippen LogP contribution in [0, 0.1) is 11.8 Å². The third kappa shape index (κ3) is 3.53. The highest BCUT2D eigenvalue weighted by molar-refractivity contribution is 5.71. The molecule has 0 aromatic rings. The monoisotopic (exact) mass is 282 g/mol. The summed E-state index contributed by atoms with van der Waals surface area (Å²) in [5.74, 6) is -0.0648. The molecule has 4 heteroatoms. The van der Waals surface area contributed by atoms with Crippen molar-refractivity contribution >= 4 is 5.97 Å². The van der Waals surface area contributed by atoms with E-state index in [0.717, 1.165) is 25.8 Å². The van der Waals surface area contributed by atoms with Crippen LogP contribution in [0.4, 0.5) is 0 Å². The molecule has 0 amide bonds. The van der Waals surface area contributed by atoms with E-state index in [1.165, 1.54) is 25.8 Å². The summed E-state index contributed by atoms with van der Waals surface area (Å²) in [6.07, 6.45) is 6.70. The standard InChI is InChI=1S/C16H30N2O2/c1-4-12-7-8-14(16(19)20)15(10-12)18(3)11-13-6-5-9-17(13)2/h12-15H,4-11H2,1-3H3,(H,19,20). The highest BCUT2D eigenvalue weighted by Gasteiger charge is 2.37. The fourth-order valence-corrected chi connectivity index (χ4v) is 4.06. The molecule has 0 aromatic heterocycles. The third-order valence-electron chi connectivity index (χ3n) is 5.56. The van der Waals surface area contributed by atoms with E-state index in [9.17, 15) is 9.90 Å². The van der Waals surface area contributed by atoms with Crippen LogP contribution in [0.25, 0.3) is 0 Å². The Morgan fingerprint density at radius 3 is 2.65 bits per heavy atom. The SMILES string of the molecule is CCC1CCC(C(=O)O)C(N(C)CC2CCCN2C)C1. The second-order valence-electron chi connectivity index (χ2n) is 6.82. The first-order chi connectivity index (χ1) is 9.52. The van der Waals surface area contributed by atoms with Crippen LogP contribution >= 0.6 is 0 Å². The smallest absolute Gasteiger partial charge is 0.308 e. The molecule has 2 fully saturated rings. The van der Waals surface area contributed by atoms with Crippen molar-refractivity contribution < 1.29 is 9.90 Å². The molecule has 1 aliphatic heterocycles. The number of aliphatic carboxylic acids is 1. The molecule has 116 valence electrons. The molecule has 4 atom stereocenters. The first-order valence-corrected chi connectivity index (χ1v) is 8.16. The number of rotatable bonds is 5. The van der Waals surface area contributed by atoms with Crippen LogP contribution in [0.3, 0.4) is 0 Å². The zero-order chi connectivity index (χ0) is 14.7. The molecule has 1 N–H and O–H groups in total. The Labute approximate surface area is 123 Å². The summed E-state index contributed by atoms with van der Waals surface area (Å²) in [5.41, 5.74) is 0. The van der Waals surface area contributed by atoms with Gasteiger partial charge >= 0.3 is 5.97 Å². The van der Waals surface area contributed by atoms with E-state index in [-0.39, 0.29) is 12.0 Å². The summed E-state index contributed by atoms with van der Waals surface area (Å²) < 4.78 is 0. The minimum absolute atomic E-state index is 0.172. The fourth-order valence-electron chi connectivity index (χ4n) is 4.06. The highest BCUT2D eigenvalue weighted by atomic mass is 16.4. The van der Waals surface area contributed by atoms with Crippen LogP contribution in [0.2, 0.25) is 0 Å². The normalized spacial score (nSPS) is 35.6. The maximum absolute atomic E-state index is 11.5. The molecule has 0 bridgehead atoms. The molecule has 0 radical (unpaired) electrons. The lowest BCUT2D eigenvalue weighted by Gasteiger charge is -2.40. The number of hydrogen-bond acceptors (Lipinski definition) is 3. The lowest BCUT2D eigenvalue weighted by Crippen LogP contribution is -2.49. The van der Waals surface area contributed by atoms with Crippen LogP contribution in [-0.2, 0) is 4.79 Å². The Balaban J connectivity index is 1.99. The van der Waals surface area contributed by atoms with Gasteiger partial charge in [0.05, 0.1) is 5.92 Å². The van der Waals surface area contributed by atoms with E-state index < -0.39 is 5.97 Å². The summed E-state index contributed by atoms with van der Waals surface area (Å²) >= 11 is 0. The predicted octanol–water partition coefficient (Wildman–Crippen LogP) is 2.29. The molecule has 4 nitrogen and oxygen atoms in total. The van der Waals surface area contributed by atoms with E-state index in [0.29, 0.717) is 12.0 Å². The summed E-state index contributed by atoms with van der Waals surface area (Å²) in [6, 6.07) is 0.830. The van der Waals surface area contributed by atoms with Crippen LogP contribution in [0.15, 0.2) is 0 Å². The number of carboxylic acids is 1. The van der Waals surface area contributed by atoms with Gasteiger partial charge in [-0.3, -0.25) is 4.79 Å². The highest BCUT2D eigenvalue weighted by Crippen LogP contribution is 2.34. The van der Waals surface area contributed by atoms with Crippen molar-refractivity contribution in [1.29, 1.82) is 0 Å². The average Bonchev–Trinajstić information content (AvgIpc) is 2.83. The molecular formula is C16H30N2O2. The average molecular weight is 282 g/mol. The zero-order valence-electron chi connectivity index (χ0n) is 13.2. The number of carbonyl (C=O) groups is 1. The molecule has 1 heterocycles. The van der Waals surface area contributed by atoms with Gasteiger partial charge in [-0.05, 0) is 58.7 Å². The number of nitrogens with zero attached hydrogens (tertiary/aromatic N) is 2. The Morgan fingerprint density at radius 1 is 1.35 bits per heavy atom. The van der Waals surface area contributed by atoms with Crippen molar-refractivity contribution in [3.63, 3.8) is 0 Å². The number of likely N-dealkylation sites (tertiary alicyclic amines) is 1. The first kappa shape index (κ1) is 15.8. The first-order valence-electron chi connectivity index (χ1n) is 8.16. The maximum Gasteiger partial charge on any atom is 0.308 e. The van der Waals surface area contributed by atoms with Crippen molar-refractivity contribution in [3.8, 4) is 0 Å². The molecule has 2 rings (SSSR count). The van der Waals surface area contributed by atoms with Gasteiger partial charge in [-0.2, -0.15) is 0 Å². The van der Waals surface area contributed by atoms with Crippen LogP contribution in [0.1, 0.15) is 45.4 Å². The quantitative estimate of drug-likeness (QED) is 0.840. The van der Waals surface area contributed by atoms with Gasteiger partial charge in [0.1, 0.15) is 0 Å². The molecule has 0 aromatic carbocycles. The molecule has 4 unspecified atom stereocenters. The van der Waals surface area contributed by atoms with Gasteiger partial charge in [0.25, 0.3) is 0 Å².